The third-order valence-corrected chi connectivity index (χ3v) is 5.78. The van der Waals surface area contributed by atoms with E-state index in [0.717, 1.165) is 38.5 Å². The van der Waals surface area contributed by atoms with Crippen molar-refractivity contribution in [3.8, 4) is 0 Å². The summed E-state index contributed by atoms with van der Waals surface area (Å²) < 4.78 is 0. The first-order valence-electron chi connectivity index (χ1n) is 9.70. The molecule has 2 aliphatic rings. The fraction of sp³-hybridized carbons (Fsp3) is 0.684. The smallest absolute Gasteiger partial charge is 0.254 e. The third kappa shape index (κ3) is 4.48. The molecule has 148 valence electrons. The Bertz CT molecular complexity index is 708. The lowest BCUT2D eigenvalue weighted by atomic mass is 9.78. The van der Waals surface area contributed by atoms with E-state index in [1.54, 1.807) is 19.0 Å². The lowest BCUT2D eigenvalue weighted by Crippen LogP contribution is -2.42. The number of carbonyl (C=O) groups is 2. The van der Waals surface area contributed by atoms with E-state index in [1.807, 2.05) is 0 Å². The van der Waals surface area contributed by atoms with Gasteiger partial charge in [0.25, 0.3) is 5.91 Å². The third-order valence-electron chi connectivity index (χ3n) is 5.78. The van der Waals surface area contributed by atoms with Crippen LogP contribution in [0, 0.1) is 5.92 Å². The van der Waals surface area contributed by atoms with Gasteiger partial charge in [0.2, 0.25) is 11.9 Å². The number of aromatic nitrogens is 2. The molecule has 2 fully saturated rings. The molecule has 2 amide bonds. The second kappa shape index (κ2) is 7.70. The van der Waals surface area contributed by atoms with Crippen LogP contribution in [0.2, 0.25) is 0 Å². The number of nitrogens with one attached hydrogen (secondary N) is 2. The van der Waals surface area contributed by atoms with Gasteiger partial charge in [0, 0.05) is 37.8 Å². The number of hydrogen-bond acceptors (Lipinski definition) is 6. The summed E-state index contributed by atoms with van der Waals surface area (Å²) in [6, 6.07) is 0.225. The minimum absolute atomic E-state index is 0.0412. The van der Waals surface area contributed by atoms with Crippen LogP contribution in [0.15, 0.2) is 6.20 Å². The Labute approximate surface area is 160 Å². The number of nitrogens with two attached hydrogens (primary N) is 1. The first-order chi connectivity index (χ1) is 12.8. The number of rotatable bonds is 6. The van der Waals surface area contributed by atoms with Crippen molar-refractivity contribution in [1.82, 2.24) is 14.9 Å². The second-order valence-corrected chi connectivity index (χ2v) is 8.28. The minimum Gasteiger partial charge on any atom is -0.365 e. The van der Waals surface area contributed by atoms with Crippen molar-refractivity contribution in [3.05, 3.63) is 11.8 Å². The van der Waals surface area contributed by atoms with Crippen molar-refractivity contribution in [2.24, 2.45) is 11.7 Å². The van der Waals surface area contributed by atoms with Crippen molar-refractivity contribution in [1.29, 1.82) is 0 Å². The summed E-state index contributed by atoms with van der Waals surface area (Å²) in [5.41, 5.74) is 5.75. The lowest BCUT2D eigenvalue weighted by molar-refractivity contribution is -0.133. The number of anilines is 2. The van der Waals surface area contributed by atoms with Gasteiger partial charge in [0.15, 0.2) is 0 Å². The van der Waals surface area contributed by atoms with E-state index in [0.29, 0.717) is 17.3 Å². The monoisotopic (exact) mass is 374 g/mol. The molecule has 8 heteroatoms. The van der Waals surface area contributed by atoms with Crippen LogP contribution in [0.25, 0.3) is 0 Å². The zero-order chi connectivity index (χ0) is 19.6. The average Bonchev–Trinajstić information content (AvgIpc) is 2.60. The van der Waals surface area contributed by atoms with Crippen LogP contribution in [-0.2, 0) is 4.79 Å². The zero-order valence-corrected chi connectivity index (χ0v) is 16.4. The van der Waals surface area contributed by atoms with E-state index >= 15 is 0 Å². The van der Waals surface area contributed by atoms with E-state index < -0.39 is 5.91 Å². The van der Waals surface area contributed by atoms with Crippen molar-refractivity contribution in [3.63, 3.8) is 0 Å². The Balaban J connectivity index is 1.65. The van der Waals surface area contributed by atoms with Crippen LogP contribution in [0.3, 0.4) is 0 Å². The highest BCUT2D eigenvalue weighted by molar-refractivity contribution is 5.97. The summed E-state index contributed by atoms with van der Waals surface area (Å²) >= 11 is 0. The number of primary amides is 1. The summed E-state index contributed by atoms with van der Waals surface area (Å²) in [5.74, 6) is 0.768. The number of nitrogens with zero attached hydrogens (tertiary/aromatic N) is 3. The highest BCUT2D eigenvalue weighted by Gasteiger charge is 2.33. The molecule has 0 bridgehead atoms. The molecule has 2 aliphatic carbocycles. The highest BCUT2D eigenvalue weighted by atomic mass is 16.2. The predicted molar refractivity (Wildman–Crippen MR) is 104 cm³/mol. The molecule has 0 unspecified atom stereocenters. The Kier molecular flexibility index (Phi) is 5.53. The number of carbonyl (C=O) groups excluding carboxylic acids is 2. The second-order valence-electron chi connectivity index (χ2n) is 8.28. The SMILES string of the molecule is CN(C)C(=O)C1CCC(Nc2ncc(C(N)=O)c(NC3(C)CCC3)n2)CC1. The van der Waals surface area contributed by atoms with Gasteiger partial charge in [-0.05, 0) is 51.9 Å². The van der Waals surface area contributed by atoms with E-state index in [1.165, 1.54) is 12.6 Å². The topological polar surface area (TPSA) is 113 Å². The fourth-order valence-corrected chi connectivity index (χ4v) is 3.88. The largest absolute Gasteiger partial charge is 0.365 e. The first kappa shape index (κ1) is 19.4. The summed E-state index contributed by atoms with van der Waals surface area (Å²) in [7, 11) is 3.61. The molecule has 2 saturated carbocycles. The van der Waals surface area contributed by atoms with Crippen molar-refractivity contribution in [2.45, 2.75) is 63.5 Å². The molecular weight excluding hydrogens is 344 g/mol. The summed E-state index contributed by atoms with van der Waals surface area (Å²) in [6.07, 6.45) is 8.25. The summed E-state index contributed by atoms with van der Waals surface area (Å²) in [6.45, 7) is 2.12. The van der Waals surface area contributed by atoms with E-state index in [9.17, 15) is 9.59 Å². The first-order valence-corrected chi connectivity index (χ1v) is 9.70. The molecule has 0 aliphatic heterocycles. The molecular formula is C19H30N6O2. The van der Waals surface area contributed by atoms with Gasteiger partial charge in [-0.3, -0.25) is 9.59 Å². The minimum atomic E-state index is -0.533. The van der Waals surface area contributed by atoms with Gasteiger partial charge in [-0.2, -0.15) is 4.98 Å². The standard InChI is InChI=1S/C19H30N6O2/c1-19(9-4-10-19)24-16-14(15(20)26)11-21-18(23-16)22-13-7-5-12(6-8-13)17(27)25(2)3/h11-13H,4-10H2,1-3H3,(H2,20,26)(H2,21,22,23,24). The van der Waals surface area contributed by atoms with Crippen LogP contribution in [-0.4, -0.2) is 52.4 Å². The van der Waals surface area contributed by atoms with E-state index in [2.05, 4.69) is 27.5 Å². The Hall–Kier alpha value is -2.38. The molecule has 0 spiro atoms. The van der Waals surface area contributed by atoms with Gasteiger partial charge < -0.3 is 21.3 Å². The quantitative estimate of drug-likeness (QED) is 0.702. The van der Waals surface area contributed by atoms with Crippen molar-refractivity contribution >= 4 is 23.6 Å². The number of amides is 2. The van der Waals surface area contributed by atoms with Gasteiger partial charge in [-0.25, -0.2) is 4.98 Å². The maximum Gasteiger partial charge on any atom is 0.254 e. The summed E-state index contributed by atoms with van der Waals surface area (Å²) in [4.78, 5) is 34.3. The molecule has 27 heavy (non-hydrogen) atoms. The van der Waals surface area contributed by atoms with Gasteiger partial charge in [0.1, 0.15) is 5.82 Å². The van der Waals surface area contributed by atoms with Gasteiger partial charge in [0.05, 0.1) is 5.56 Å². The molecule has 1 aromatic heterocycles. The van der Waals surface area contributed by atoms with Crippen LogP contribution in [0.4, 0.5) is 11.8 Å². The van der Waals surface area contributed by atoms with Crippen molar-refractivity contribution in [2.75, 3.05) is 24.7 Å². The molecule has 0 atom stereocenters. The van der Waals surface area contributed by atoms with E-state index in [4.69, 9.17) is 5.73 Å². The van der Waals surface area contributed by atoms with Crippen LogP contribution >= 0.6 is 0 Å². The average molecular weight is 374 g/mol. The van der Waals surface area contributed by atoms with Crippen LogP contribution in [0.5, 0.6) is 0 Å². The Morgan fingerprint density at radius 3 is 2.41 bits per heavy atom. The molecule has 0 aromatic carbocycles. The van der Waals surface area contributed by atoms with Gasteiger partial charge in [-0.1, -0.05) is 0 Å². The molecule has 0 radical (unpaired) electrons. The zero-order valence-electron chi connectivity index (χ0n) is 16.4. The summed E-state index contributed by atoms with van der Waals surface area (Å²) in [5, 5.41) is 6.73. The lowest BCUT2D eigenvalue weighted by Gasteiger charge is -2.40. The fourth-order valence-electron chi connectivity index (χ4n) is 3.88. The molecule has 0 saturated heterocycles. The Morgan fingerprint density at radius 1 is 1.22 bits per heavy atom. The van der Waals surface area contributed by atoms with Gasteiger partial charge >= 0.3 is 0 Å². The highest BCUT2D eigenvalue weighted by Crippen LogP contribution is 2.35. The molecule has 4 N–H and O–H groups in total. The Morgan fingerprint density at radius 2 is 1.89 bits per heavy atom. The molecule has 1 heterocycles. The van der Waals surface area contributed by atoms with Crippen molar-refractivity contribution < 1.29 is 9.59 Å². The molecule has 1 aromatic rings. The van der Waals surface area contributed by atoms with Gasteiger partial charge in [-0.15, -0.1) is 0 Å². The van der Waals surface area contributed by atoms with Crippen LogP contribution < -0.4 is 16.4 Å². The molecule has 8 nitrogen and oxygen atoms in total. The normalized spacial score (nSPS) is 23.8. The van der Waals surface area contributed by atoms with E-state index in [-0.39, 0.29) is 23.4 Å². The predicted octanol–water partition coefficient (Wildman–Crippen LogP) is 1.99. The maximum absolute atomic E-state index is 12.1. The maximum atomic E-state index is 12.1. The molecule has 3 rings (SSSR count). The number of hydrogen-bond donors (Lipinski definition) is 3. The van der Waals surface area contributed by atoms with Crippen LogP contribution in [0.1, 0.15) is 62.2 Å².